The van der Waals surface area contributed by atoms with Crippen molar-refractivity contribution in [1.82, 2.24) is 9.31 Å². The Morgan fingerprint density at radius 3 is 2.56 bits per heavy atom. The number of carbonyl (C=O) groups is 1. The van der Waals surface area contributed by atoms with Crippen LogP contribution in [-0.4, -0.2) is 43.4 Å². The zero-order valence-corrected chi connectivity index (χ0v) is 27.6. The Morgan fingerprint density at radius 1 is 1.11 bits per heavy atom. The zero-order chi connectivity index (χ0) is 32.6. The molecule has 45 heavy (non-hydrogen) atoms. The number of rotatable bonds is 13. The van der Waals surface area contributed by atoms with E-state index in [1.807, 2.05) is 76.2 Å². The lowest BCUT2D eigenvalue weighted by molar-refractivity contribution is -0.156. The van der Waals surface area contributed by atoms with Gasteiger partial charge in [-0.3, -0.25) is 4.79 Å². The summed E-state index contributed by atoms with van der Waals surface area (Å²) < 4.78 is 40.4. The van der Waals surface area contributed by atoms with E-state index < -0.39 is 15.4 Å². The molecule has 1 atom stereocenters. The molecule has 0 saturated heterocycles. The third kappa shape index (κ3) is 8.45. The fourth-order valence-corrected chi connectivity index (χ4v) is 7.17. The molecule has 3 aromatic carbocycles. The summed E-state index contributed by atoms with van der Waals surface area (Å²) >= 11 is 0. The number of fused-ring (bicyclic) bond motifs is 1. The van der Waals surface area contributed by atoms with Crippen LogP contribution in [0, 0.1) is 12.3 Å². The summed E-state index contributed by atoms with van der Waals surface area (Å²) in [6.45, 7) is 9.29. The van der Waals surface area contributed by atoms with Crippen molar-refractivity contribution in [2.75, 3.05) is 19.7 Å². The van der Waals surface area contributed by atoms with Crippen LogP contribution in [0.2, 0.25) is 0 Å². The Bertz CT molecular complexity index is 1590. The Kier molecular flexibility index (Phi) is 11.3. The smallest absolute Gasteiger partial charge is 0.312 e. The Balaban J connectivity index is 1.64. The third-order valence-electron chi connectivity index (χ3n) is 8.33. The summed E-state index contributed by atoms with van der Waals surface area (Å²) in [6.07, 6.45) is 3.70. The molecule has 0 radical (unpaired) electrons. The van der Waals surface area contributed by atoms with E-state index in [1.165, 1.54) is 4.31 Å². The molecule has 0 aliphatic carbocycles. The lowest BCUT2D eigenvalue weighted by atomic mass is 9.72. The van der Waals surface area contributed by atoms with Crippen molar-refractivity contribution >= 4 is 16.0 Å². The van der Waals surface area contributed by atoms with Gasteiger partial charge in [-0.05, 0) is 80.3 Å². The minimum Gasteiger partial charge on any atom is -0.491 e. The van der Waals surface area contributed by atoms with Gasteiger partial charge < -0.3 is 20.2 Å². The standard InChI is InChI=1S/C35H46N4O5S/c1-5-19-38(37)24-30(36)17-18-31(35(3,4)34(40)44-25-27-11-7-6-8-12-27)28-16-15-26(2)29(22-28)23-39-20-21-43-32-13-9-10-14-33(32)45(39,41)42/h6-16,22,24,31H,5,17-21,23,25,36-37H2,1-4H3/b30-24-. The molecule has 0 bridgehead atoms. The number of allylic oxidation sites excluding steroid dienone is 1. The van der Waals surface area contributed by atoms with Crippen LogP contribution in [0.5, 0.6) is 5.75 Å². The molecule has 10 heteroatoms. The number of benzene rings is 3. The third-order valence-corrected chi connectivity index (χ3v) is 10.2. The number of nitrogens with zero attached hydrogens (tertiary/aromatic N) is 2. The highest BCUT2D eigenvalue weighted by molar-refractivity contribution is 7.89. The molecule has 0 fully saturated rings. The molecule has 0 saturated carbocycles. The minimum atomic E-state index is -3.79. The maximum absolute atomic E-state index is 13.7. The van der Waals surface area contributed by atoms with Gasteiger partial charge in [0.05, 0.1) is 5.41 Å². The normalized spacial score (nSPS) is 15.8. The largest absolute Gasteiger partial charge is 0.491 e. The lowest BCUT2D eigenvalue weighted by Gasteiger charge is -2.33. The molecule has 4 rings (SSSR count). The van der Waals surface area contributed by atoms with Gasteiger partial charge in [-0.2, -0.15) is 4.31 Å². The number of esters is 1. The van der Waals surface area contributed by atoms with E-state index in [1.54, 1.807) is 35.5 Å². The molecule has 1 aliphatic heterocycles. The van der Waals surface area contributed by atoms with Gasteiger partial charge in [0.15, 0.2) is 0 Å². The molecule has 3 aromatic rings. The van der Waals surface area contributed by atoms with Crippen molar-refractivity contribution in [2.45, 2.75) is 70.9 Å². The fourth-order valence-electron chi connectivity index (χ4n) is 5.64. The van der Waals surface area contributed by atoms with E-state index in [9.17, 15) is 13.2 Å². The van der Waals surface area contributed by atoms with Gasteiger partial charge in [0.1, 0.15) is 23.9 Å². The molecule has 1 unspecified atom stereocenters. The van der Waals surface area contributed by atoms with Crippen molar-refractivity contribution in [3.8, 4) is 5.75 Å². The highest BCUT2D eigenvalue weighted by Crippen LogP contribution is 2.42. The molecular weight excluding hydrogens is 588 g/mol. The molecule has 9 nitrogen and oxygen atoms in total. The second-order valence-electron chi connectivity index (χ2n) is 12.1. The molecular formula is C35H46N4O5S. The van der Waals surface area contributed by atoms with Gasteiger partial charge in [0.2, 0.25) is 10.0 Å². The topological polar surface area (TPSA) is 128 Å². The zero-order valence-electron chi connectivity index (χ0n) is 26.7. The monoisotopic (exact) mass is 634 g/mol. The predicted octanol–water partition coefficient (Wildman–Crippen LogP) is 5.60. The maximum Gasteiger partial charge on any atom is 0.312 e. The first-order chi connectivity index (χ1) is 21.4. The van der Waals surface area contributed by atoms with Gasteiger partial charge in [0, 0.05) is 31.5 Å². The molecule has 4 N–H and O–H groups in total. The number of carbonyl (C=O) groups excluding carboxylic acids is 1. The summed E-state index contributed by atoms with van der Waals surface area (Å²) in [5.41, 5.74) is 9.70. The van der Waals surface area contributed by atoms with E-state index in [0.29, 0.717) is 30.8 Å². The van der Waals surface area contributed by atoms with Crippen LogP contribution in [0.3, 0.4) is 0 Å². The van der Waals surface area contributed by atoms with E-state index in [2.05, 4.69) is 0 Å². The van der Waals surface area contributed by atoms with Gasteiger partial charge in [-0.25, -0.2) is 14.3 Å². The molecule has 0 spiro atoms. The number of nitrogens with two attached hydrogens (primary N) is 2. The van der Waals surface area contributed by atoms with Crippen LogP contribution in [0.15, 0.2) is 89.6 Å². The number of hydrazine groups is 1. The first-order valence-electron chi connectivity index (χ1n) is 15.4. The molecule has 1 aliphatic rings. The number of hydrogen-bond donors (Lipinski definition) is 2. The number of para-hydroxylation sites is 1. The first kappa shape index (κ1) is 34.0. The molecule has 0 aromatic heterocycles. The van der Waals surface area contributed by atoms with E-state index in [4.69, 9.17) is 21.1 Å². The van der Waals surface area contributed by atoms with Crippen molar-refractivity contribution in [1.29, 1.82) is 0 Å². The van der Waals surface area contributed by atoms with Crippen molar-refractivity contribution in [3.05, 3.63) is 107 Å². The second-order valence-corrected chi connectivity index (χ2v) is 14.0. The lowest BCUT2D eigenvalue weighted by Crippen LogP contribution is -2.34. The number of sulfonamides is 1. The average Bonchev–Trinajstić information content (AvgIpc) is 3.13. The predicted molar refractivity (Wildman–Crippen MR) is 176 cm³/mol. The van der Waals surface area contributed by atoms with Crippen LogP contribution >= 0.6 is 0 Å². The number of hydrogen-bond acceptors (Lipinski definition) is 8. The summed E-state index contributed by atoms with van der Waals surface area (Å²) in [7, 11) is -3.79. The second kappa shape index (κ2) is 14.9. The number of ether oxygens (including phenoxy) is 2. The van der Waals surface area contributed by atoms with E-state index in [-0.39, 0.29) is 43.1 Å². The van der Waals surface area contributed by atoms with Gasteiger partial charge in [-0.1, -0.05) is 67.6 Å². The van der Waals surface area contributed by atoms with Gasteiger partial charge in [0.25, 0.3) is 0 Å². The average molecular weight is 635 g/mol. The molecule has 0 amide bonds. The molecule has 1 heterocycles. The van der Waals surface area contributed by atoms with Crippen LogP contribution in [0.1, 0.15) is 68.2 Å². The maximum atomic E-state index is 13.7. The molecule has 242 valence electrons. The highest BCUT2D eigenvalue weighted by Gasteiger charge is 2.39. The highest BCUT2D eigenvalue weighted by atomic mass is 32.2. The summed E-state index contributed by atoms with van der Waals surface area (Å²) in [5.74, 6) is 5.82. The van der Waals surface area contributed by atoms with Crippen molar-refractivity contribution in [2.24, 2.45) is 17.0 Å². The van der Waals surface area contributed by atoms with Crippen LogP contribution in [0.25, 0.3) is 0 Å². The van der Waals surface area contributed by atoms with E-state index >= 15 is 0 Å². The fraction of sp³-hybridized carbons (Fsp3) is 0.400. The SMILES string of the molecule is CCCN(N)/C=C(\N)CCC(c1ccc(C)c(CN2CCOc3ccccc3S2(=O)=O)c1)C(C)(C)C(=O)OCc1ccccc1. The van der Waals surface area contributed by atoms with Gasteiger partial charge >= 0.3 is 5.97 Å². The van der Waals surface area contributed by atoms with E-state index in [0.717, 1.165) is 28.7 Å². The quantitative estimate of drug-likeness (QED) is 0.141. The van der Waals surface area contributed by atoms with Crippen LogP contribution in [-0.2, 0) is 32.7 Å². The Morgan fingerprint density at radius 2 is 1.82 bits per heavy atom. The number of aryl methyl sites for hydroxylation is 1. The summed E-state index contributed by atoms with van der Waals surface area (Å²) in [6, 6.07) is 22.3. The van der Waals surface area contributed by atoms with Gasteiger partial charge in [-0.15, -0.1) is 0 Å². The Hall–Kier alpha value is -3.86. The first-order valence-corrected chi connectivity index (χ1v) is 16.9. The van der Waals surface area contributed by atoms with Crippen molar-refractivity contribution in [3.63, 3.8) is 0 Å². The Labute approximate surface area is 267 Å². The van der Waals surface area contributed by atoms with Crippen LogP contribution < -0.4 is 16.3 Å². The summed E-state index contributed by atoms with van der Waals surface area (Å²) in [4.78, 5) is 13.8. The summed E-state index contributed by atoms with van der Waals surface area (Å²) in [5, 5.41) is 1.58. The minimum absolute atomic E-state index is 0.163. The van der Waals surface area contributed by atoms with Crippen molar-refractivity contribution < 1.29 is 22.7 Å². The van der Waals surface area contributed by atoms with Crippen LogP contribution in [0.4, 0.5) is 0 Å².